The highest BCUT2D eigenvalue weighted by Gasteiger charge is 2.31. The number of carbonyl (C=O) groups excluding carboxylic acids is 1. The van der Waals surface area contributed by atoms with Gasteiger partial charge in [-0.3, -0.25) is 0 Å². The number of hydrogen-bond acceptors (Lipinski definition) is 3. The van der Waals surface area contributed by atoms with Crippen molar-refractivity contribution < 1.29 is 40.6 Å². The predicted octanol–water partition coefficient (Wildman–Crippen LogP) is 8.00. The topological polar surface area (TPSA) is 38.8 Å². The first-order chi connectivity index (χ1) is 18.7. The van der Waals surface area contributed by atoms with Crippen LogP contribution in [0.3, 0.4) is 0 Å². The fraction of sp³-hybridized carbons (Fsp3) is 0.300. The Kier molecular flexibility index (Phi) is 7.53. The van der Waals surface area contributed by atoms with Crippen LogP contribution in [-0.2, 0) is 15.9 Å². The Morgan fingerprint density at radius 1 is 0.846 bits per heavy atom. The van der Waals surface area contributed by atoms with Crippen LogP contribution in [0.4, 0.5) is 26.3 Å². The Morgan fingerprint density at radius 3 is 2.13 bits per heavy atom. The molecule has 204 valence electrons. The monoisotopic (exact) mass is 546 g/mol. The lowest BCUT2D eigenvalue weighted by atomic mass is 9.90. The molecule has 2 aliphatic rings. The molecule has 2 unspecified atom stereocenters. The molecule has 5 rings (SSSR count). The summed E-state index contributed by atoms with van der Waals surface area (Å²) in [6.45, 7) is 2.12. The molecule has 3 aromatic rings. The van der Waals surface area contributed by atoms with E-state index in [-0.39, 0.29) is 37.0 Å². The van der Waals surface area contributed by atoms with E-state index >= 15 is 0 Å². The average molecular weight is 547 g/mol. The predicted molar refractivity (Wildman–Crippen MR) is 132 cm³/mol. The van der Waals surface area contributed by atoms with Crippen LogP contribution in [0.2, 0.25) is 0 Å². The molecule has 1 aliphatic carbocycles. The van der Waals surface area contributed by atoms with Crippen LogP contribution < -0.4 is 0 Å². The fourth-order valence-electron chi connectivity index (χ4n) is 4.84. The molecule has 1 heterocycles. The van der Waals surface area contributed by atoms with E-state index in [1.54, 1.807) is 12.1 Å². The second-order valence-electron chi connectivity index (χ2n) is 9.62. The quantitative estimate of drug-likeness (QED) is 0.171. The molecule has 3 nitrogen and oxygen atoms in total. The van der Waals surface area contributed by atoms with Crippen molar-refractivity contribution >= 4 is 11.5 Å². The molecule has 9 heteroatoms. The molecule has 39 heavy (non-hydrogen) atoms. The number of carbonyl (C=O) groups is 1. The third-order valence-electron chi connectivity index (χ3n) is 7.05. The first kappa shape index (κ1) is 27.0. The van der Waals surface area contributed by atoms with Gasteiger partial charge in [0.1, 0.15) is 12.2 Å². The third kappa shape index (κ3) is 5.20. The maximum atomic E-state index is 14.9. The van der Waals surface area contributed by atoms with Crippen LogP contribution in [0.5, 0.6) is 0 Å². The SMILES string of the molecule is CCCc1ccc(C2=CCC(OC(=O)c3ccc(-c4ccc(C5CO5)c(F)c4F)c(F)c3F)CC2)c(F)c1F. The van der Waals surface area contributed by atoms with Crippen molar-refractivity contribution in [3.63, 3.8) is 0 Å². The standard InChI is InChI=1S/C30H24F6O3/c1-2-3-16-6-9-18(25(32)24(16)31)15-4-7-17(8-5-15)39-30(37)22-13-11-20(27(34)29(22)36)19-10-12-21(23-14-38-23)28(35)26(19)33/h4,6,9-13,17,23H,2-3,5,7-8,14H2,1H3. The zero-order valence-corrected chi connectivity index (χ0v) is 20.9. The average Bonchev–Trinajstić information content (AvgIpc) is 3.76. The van der Waals surface area contributed by atoms with Gasteiger partial charge in [-0.05, 0) is 36.5 Å². The van der Waals surface area contributed by atoms with Crippen molar-refractivity contribution in [3.8, 4) is 11.1 Å². The minimum Gasteiger partial charge on any atom is -0.458 e. The number of hydrogen-bond donors (Lipinski definition) is 0. The minimum absolute atomic E-state index is 0.0107. The second-order valence-corrected chi connectivity index (χ2v) is 9.62. The summed E-state index contributed by atoms with van der Waals surface area (Å²) in [4.78, 5) is 12.6. The number of allylic oxidation sites excluding steroid dienone is 1. The molecule has 0 N–H and O–H groups in total. The number of halogens is 6. The van der Waals surface area contributed by atoms with Gasteiger partial charge in [-0.2, -0.15) is 0 Å². The van der Waals surface area contributed by atoms with Crippen LogP contribution in [0, 0.1) is 34.9 Å². The van der Waals surface area contributed by atoms with Gasteiger partial charge in [0.05, 0.1) is 12.2 Å². The van der Waals surface area contributed by atoms with E-state index in [4.69, 9.17) is 9.47 Å². The maximum absolute atomic E-state index is 14.9. The number of rotatable bonds is 7. The molecule has 0 spiro atoms. The van der Waals surface area contributed by atoms with E-state index < -0.39 is 69.8 Å². The van der Waals surface area contributed by atoms with Crippen molar-refractivity contribution in [3.05, 3.63) is 99.6 Å². The number of aryl methyl sites for hydroxylation is 1. The van der Waals surface area contributed by atoms with Gasteiger partial charge in [0, 0.05) is 28.7 Å². The fourth-order valence-corrected chi connectivity index (χ4v) is 4.84. The first-order valence-corrected chi connectivity index (χ1v) is 12.7. The van der Waals surface area contributed by atoms with Gasteiger partial charge in [0.15, 0.2) is 34.9 Å². The van der Waals surface area contributed by atoms with Crippen molar-refractivity contribution in [1.82, 2.24) is 0 Å². The molecule has 1 aliphatic heterocycles. The lowest BCUT2D eigenvalue weighted by Crippen LogP contribution is -2.21. The van der Waals surface area contributed by atoms with Crippen LogP contribution in [0.1, 0.15) is 65.8 Å². The molecule has 0 bridgehead atoms. The Bertz CT molecular complexity index is 1480. The molecular weight excluding hydrogens is 522 g/mol. The van der Waals surface area contributed by atoms with Gasteiger partial charge in [-0.25, -0.2) is 31.1 Å². The summed E-state index contributed by atoms with van der Waals surface area (Å²) >= 11 is 0. The third-order valence-corrected chi connectivity index (χ3v) is 7.05. The van der Waals surface area contributed by atoms with E-state index in [0.29, 0.717) is 24.0 Å². The molecule has 0 amide bonds. The number of benzene rings is 3. The lowest BCUT2D eigenvalue weighted by Gasteiger charge is -2.23. The van der Waals surface area contributed by atoms with E-state index in [2.05, 4.69) is 0 Å². The lowest BCUT2D eigenvalue weighted by molar-refractivity contribution is 0.0279. The molecule has 3 aromatic carbocycles. The summed E-state index contributed by atoms with van der Waals surface area (Å²) in [7, 11) is 0. The van der Waals surface area contributed by atoms with Crippen molar-refractivity contribution in [2.75, 3.05) is 6.61 Å². The number of ether oxygens (including phenoxy) is 2. The highest BCUT2D eigenvalue weighted by molar-refractivity contribution is 5.90. The van der Waals surface area contributed by atoms with E-state index in [1.165, 1.54) is 12.1 Å². The van der Waals surface area contributed by atoms with E-state index in [1.807, 2.05) is 6.92 Å². The summed E-state index contributed by atoms with van der Waals surface area (Å²) in [6.07, 6.45) is 2.19. The van der Waals surface area contributed by atoms with Crippen molar-refractivity contribution in [2.45, 2.75) is 51.2 Å². The Balaban J connectivity index is 1.30. The van der Waals surface area contributed by atoms with E-state index in [9.17, 15) is 31.1 Å². The second kappa shape index (κ2) is 10.9. The summed E-state index contributed by atoms with van der Waals surface area (Å²) in [5, 5.41) is 0. The molecule has 0 saturated carbocycles. The van der Waals surface area contributed by atoms with Crippen LogP contribution in [0.15, 0.2) is 42.5 Å². The molecule has 1 saturated heterocycles. The highest BCUT2D eigenvalue weighted by atomic mass is 19.2. The van der Waals surface area contributed by atoms with Crippen molar-refractivity contribution in [2.24, 2.45) is 0 Å². The molecular formula is C30H24F6O3. The molecule has 0 aromatic heterocycles. The summed E-state index contributed by atoms with van der Waals surface area (Å²) in [5.74, 6) is -8.56. The zero-order valence-electron chi connectivity index (χ0n) is 20.9. The number of epoxide rings is 1. The van der Waals surface area contributed by atoms with Gasteiger partial charge in [-0.1, -0.05) is 49.8 Å². The first-order valence-electron chi connectivity index (χ1n) is 12.7. The van der Waals surface area contributed by atoms with E-state index in [0.717, 1.165) is 18.2 Å². The van der Waals surface area contributed by atoms with Crippen LogP contribution in [0.25, 0.3) is 16.7 Å². The van der Waals surface area contributed by atoms with Crippen molar-refractivity contribution in [1.29, 1.82) is 0 Å². The van der Waals surface area contributed by atoms with Gasteiger partial charge >= 0.3 is 5.97 Å². The Labute approximate surface area is 221 Å². The Morgan fingerprint density at radius 2 is 1.49 bits per heavy atom. The van der Waals surface area contributed by atoms with Crippen LogP contribution >= 0.6 is 0 Å². The smallest absolute Gasteiger partial charge is 0.341 e. The van der Waals surface area contributed by atoms with Gasteiger partial charge in [-0.15, -0.1) is 0 Å². The van der Waals surface area contributed by atoms with Gasteiger partial charge in [0.2, 0.25) is 0 Å². The summed E-state index contributed by atoms with van der Waals surface area (Å²) in [6, 6.07) is 7.40. The van der Waals surface area contributed by atoms with Gasteiger partial charge in [0.25, 0.3) is 0 Å². The normalized spacial score (nSPS) is 18.6. The largest absolute Gasteiger partial charge is 0.458 e. The molecule has 2 atom stereocenters. The Hall–Kier alpha value is -3.59. The minimum atomic E-state index is -1.55. The molecule has 1 fully saturated rings. The zero-order chi connectivity index (χ0) is 27.8. The highest BCUT2D eigenvalue weighted by Crippen LogP contribution is 2.37. The van der Waals surface area contributed by atoms with Crippen LogP contribution in [-0.4, -0.2) is 18.7 Å². The molecule has 0 radical (unpaired) electrons. The maximum Gasteiger partial charge on any atom is 0.341 e. The summed E-state index contributed by atoms with van der Waals surface area (Å²) in [5.41, 5.74) is -0.741. The number of esters is 1. The summed E-state index contributed by atoms with van der Waals surface area (Å²) < 4.78 is 98.0. The van der Waals surface area contributed by atoms with Gasteiger partial charge < -0.3 is 9.47 Å².